The van der Waals surface area contributed by atoms with Gasteiger partial charge in [0.2, 0.25) is 10.0 Å². The van der Waals surface area contributed by atoms with Crippen molar-refractivity contribution in [3.63, 3.8) is 0 Å². The molecule has 27 heavy (non-hydrogen) atoms. The van der Waals surface area contributed by atoms with Crippen molar-refractivity contribution >= 4 is 15.7 Å². The molecule has 2 aromatic carbocycles. The van der Waals surface area contributed by atoms with Crippen molar-refractivity contribution in [2.75, 3.05) is 24.2 Å². The molecular weight excluding hydrogens is 358 g/mol. The molecule has 1 heterocycles. The summed E-state index contributed by atoms with van der Waals surface area (Å²) in [7, 11) is -3.23. The van der Waals surface area contributed by atoms with Gasteiger partial charge in [0.05, 0.1) is 17.4 Å². The Kier molecular flexibility index (Phi) is 4.90. The number of hydrogen-bond donors (Lipinski definition) is 1. The molecule has 140 valence electrons. The van der Waals surface area contributed by atoms with Crippen LogP contribution in [0.4, 0.5) is 5.69 Å². The monoisotopic (exact) mass is 381 g/mol. The van der Waals surface area contributed by atoms with Crippen molar-refractivity contribution in [3.8, 4) is 6.07 Å². The first-order valence-electron chi connectivity index (χ1n) is 9.34. The fraction of sp³-hybridized carbons (Fsp3) is 0.381. The van der Waals surface area contributed by atoms with E-state index in [0.717, 1.165) is 24.1 Å². The Labute approximate surface area is 160 Å². The zero-order chi connectivity index (χ0) is 18.9. The van der Waals surface area contributed by atoms with E-state index >= 15 is 0 Å². The van der Waals surface area contributed by atoms with Crippen LogP contribution >= 0.6 is 0 Å². The Morgan fingerprint density at radius 3 is 2.56 bits per heavy atom. The molecule has 2 atom stereocenters. The van der Waals surface area contributed by atoms with Crippen LogP contribution in [-0.2, 0) is 10.0 Å². The van der Waals surface area contributed by atoms with Gasteiger partial charge in [0, 0.05) is 30.7 Å². The Bertz CT molecular complexity index is 949. The largest absolute Gasteiger partial charge is 0.380 e. The van der Waals surface area contributed by atoms with Gasteiger partial charge in [-0.05, 0) is 42.5 Å². The molecule has 1 saturated heterocycles. The summed E-state index contributed by atoms with van der Waals surface area (Å²) in [5, 5.41) is 12.6. The molecule has 6 heteroatoms. The number of nitrogens with one attached hydrogen (secondary N) is 1. The van der Waals surface area contributed by atoms with Gasteiger partial charge in [0.25, 0.3) is 0 Å². The van der Waals surface area contributed by atoms with Crippen LogP contribution in [0.15, 0.2) is 54.6 Å². The molecule has 0 spiro atoms. The lowest BCUT2D eigenvalue weighted by atomic mass is 9.94. The van der Waals surface area contributed by atoms with E-state index in [2.05, 4.69) is 23.5 Å². The fourth-order valence-electron chi connectivity index (χ4n) is 3.76. The first kappa shape index (κ1) is 18.0. The van der Waals surface area contributed by atoms with Crippen LogP contribution < -0.4 is 5.32 Å². The van der Waals surface area contributed by atoms with Crippen molar-refractivity contribution in [3.05, 3.63) is 65.7 Å². The summed E-state index contributed by atoms with van der Waals surface area (Å²) in [6, 6.07) is 19.5. The molecule has 2 fully saturated rings. The van der Waals surface area contributed by atoms with Gasteiger partial charge in [0.15, 0.2) is 0 Å². The first-order valence-corrected chi connectivity index (χ1v) is 11.0. The maximum atomic E-state index is 12.8. The molecule has 1 aliphatic carbocycles. The third-order valence-corrected chi connectivity index (χ3v) is 7.37. The van der Waals surface area contributed by atoms with Crippen LogP contribution in [0.1, 0.15) is 29.9 Å². The van der Waals surface area contributed by atoms with Gasteiger partial charge in [-0.2, -0.15) is 9.57 Å². The number of anilines is 1. The fourth-order valence-corrected chi connectivity index (χ4v) is 5.67. The molecule has 5 nitrogen and oxygen atoms in total. The van der Waals surface area contributed by atoms with Crippen molar-refractivity contribution < 1.29 is 8.42 Å². The van der Waals surface area contributed by atoms with Crippen molar-refractivity contribution in [1.82, 2.24) is 4.31 Å². The minimum absolute atomic E-state index is 0.0321. The number of benzene rings is 2. The van der Waals surface area contributed by atoms with Gasteiger partial charge >= 0.3 is 0 Å². The zero-order valence-corrected chi connectivity index (χ0v) is 15.9. The standard InChI is InChI=1S/C21H23N3O2S/c22-12-17-5-4-8-19(11-17)23-21-14-24(27(25,26)15-16-9-10-16)13-20(21)18-6-2-1-3-7-18/h1-8,11,16,20-21,23H,9-10,13-15H2. The van der Waals surface area contributed by atoms with Crippen molar-refractivity contribution in [1.29, 1.82) is 5.26 Å². The summed E-state index contributed by atoms with van der Waals surface area (Å²) in [5.41, 5.74) is 2.57. The summed E-state index contributed by atoms with van der Waals surface area (Å²) in [6.07, 6.45) is 2.05. The van der Waals surface area contributed by atoms with E-state index in [9.17, 15) is 8.42 Å². The van der Waals surface area contributed by atoms with Crippen LogP contribution in [0.5, 0.6) is 0 Å². The lowest BCUT2D eigenvalue weighted by molar-refractivity contribution is 0.469. The highest BCUT2D eigenvalue weighted by Crippen LogP contribution is 2.35. The number of hydrogen-bond acceptors (Lipinski definition) is 4. The predicted molar refractivity (Wildman–Crippen MR) is 106 cm³/mol. The van der Waals surface area contributed by atoms with Gasteiger partial charge in [-0.3, -0.25) is 0 Å². The molecule has 1 aliphatic heterocycles. The maximum absolute atomic E-state index is 12.8. The molecule has 0 bridgehead atoms. The van der Waals surface area contributed by atoms with Crippen molar-refractivity contribution in [2.45, 2.75) is 24.8 Å². The van der Waals surface area contributed by atoms with Gasteiger partial charge in [-0.15, -0.1) is 0 Å². The molecule has 0 aromatic heterocycles. The Hall–Kier alpha value is -2.36. The average Bonchev–Trinajstić information content (AvgIpc) is 3.37. The van der Waals surface area contributed by atoms with Gasteiger partial charge in [-0.1, -0.05) is 36.4 Å². The highest BCUT2D eigenvalue weighted by atomic mass is 32.2. The van der Waals surface area contributed by atoms with Crippen LogP contribution in [-0.4, -0.2) is 37.6 Å². The second kappa shape index (κ2) is 7.34. The van der Waals surface area contributed by atoms with Crippen LogP contribution in [0, 0.1) is 17.2 Å². The zero-order valence-electron chi connectivity index (χ0n) is 15.1. The number of rotatable bonds is 6. The molecule has 2 unspecified atom stereocenters. The molecule has 4 rings (SSSR count). The van der Waals surface area contributed by atoms with Crippen LogP contribution in [0.2, 0.25) is 0 Å². The third kappa shape index (κ3) is 4.15. The minimum atomic E-state index is -3.23. The highest BCUT2D eigenvalue weighted by Gasteiger charge is 2.41. The minimum Gasteiger partial charge on any atom is -0.380 e. The number of sulfonamides is 1. The van der Waals surface area contributed by atoms with E-state index in [1.54, 1.807) is 10.4 Å². The van der Waals surface area contributed by atoms with Gasteiger partial charge in [-0.25, -0.2) is 8.42 Å². The second-order valence-corrected chi connectivity index (χ2v) is 9.51. The van der Waals surface area contributed by atoms with Crippen molar-refractivity contribution in [2.24, 2.45) is 5.92 Å². The lowest BCUT2D eigenvalue weighted by Gasteiger charge is -2.21. The first-order chi connectivity index (χ1) is 13.0. The van der Waals surface area contributed by atoms with Gasteiger partial charge < -0.3 is 5.32 Å². The van der Waals surface area contributed by atoms with E-state index in [4.69, 9.17) is 5.26 Å². The molecule has 0 radical (unpaired) electrons. The summed E-state index contributed by atoms with van der Waals surface area (Å²) in [6.45, 7) is 0.945. The maximum Gasteiger partial charge on any atom is 0.214 e. The molecule has 1 saturated carbocycles. The van der Waals surface area contributed by atoms with E-state index in [1.165, 1.54) is 0 Å². The van der Waals surface area contributed by atoms with Crippen LogP contribution in [0.25, 0.3) is 0 Å². The van der Waals surface area contributed by atoms with E-state index < -0.39 is 10.0 Å². The Balaban J connectivity index is 1.59. The SMILES string of the molecule is N#Cc1cccc(NC2CN(S(=O)(=O)CC3CC3)CC2c2ccccc2)c1. The summed E-state index contributed by atoms with van der Waals surface area (Å²) in [4.78, 5) is 0. The summed E-state index contributed by atoms with van der Waals surface area (Å²) < 4.78 is 27.3. The summed E-state index contributed by atoms with van der Waals surface area (Å²) >= 11 is 0. The Morgan fingerprint density at radius 1 is 1.07 bits per heavy atom. The smallest absolute Gasteiger partial charge is 0.214 e. The van der Waals surface area contributed by atoms with E-state index in [1.807, 2.05) is 36.4 Å². The number of nitriles is 1. The molecule has 1 N–H and O–H groups in total. The summed E-state index contributed by atoms with van der Waals surface area (Å²) in [5.74, 6) is 0.681. The van der Waals surface area contributed by atoms with Crippen LogP contribution in [0.3, 0.4) is 0 Å². The normalized spacial score (nSPS) is 23.1. The van der Waals surface area contributed by atoms with Gasteiger partial charge in [0.1, 0.15) is 0 Å². The molecule has 2 aromatic rings. The third-order valence-electron chi connectivity index (χ3n) is 5.39. The lowest BCUT2D eigenvalue weighted by Crippen LogP contribution is -2.33. The highest BCUT2D eigenvalue weighted by molar-refractivity contribution is 7.89. The predicted octanol–water partition coefficient (Wildman–Crippen LogP) is 3.18. The number of nitrogens with zero attached hydrogens (tertiary/aromatic N) is 2. The molecule has 0 amide bonds. The topological polar surface area (TPSA) is 73.2 Å². The van der Waals surface area contributed by atoms with E-state index in [0.29, 0.717) is 24.6 Å². The molecular formula is C21H23N3O2S. The average molecular weight is 382 g/mol. The quantitative estimate of drug-likeness (QED) is 0.834. The van der Waals surface area contributed by atoms with E-state index in [-0.39, 0.29) is 17.7 Å². The molecule has 2 aliphatic rings. The second-order valence-electron chi connectivity index (χ2n) is 7.50. The Morgan fingerprint density at radius 2 is 1.85 bits per heavy atom.